The van der Waals surface area contributed by atoms with E-state index in [1.54, 1.807) is 7.11 Å². The maximum atomic E-state index is 6.16. The maximum absolute atomic E-state index is 6.16. The van der Waals surface area contributed by atoms with E-state index in [-0.39, 0.29) is 12.1 Å². The monoisotopic (exact) mass is 259 g/mol. The lowest BCUT2D eigenvalue weighted by Gasteiger charge is -2.17. The molecule has 2 unspecified atom stereocenters. The number of ether oxygens (including phenoxy) is 2. The van der Waals surface area contributed by atoms with Crippen molar-refractivity contribution in [2.75, 3.05) is 20.3 Å². The molecule has 0 fully saturated rings. The van der Waals surface area contributed by atoms with Crippen LogP contribution in [0.25, 0.3) is 10.8 Å². The molecule has 3 heteroatoms. The Labute approximate surface area is 114 Å². The average Bonchev–Trinajstić information content (AvgIpc) is 2.44. The van der Waals surface area contributed by atoms with E-state index in [9.17, 15) is 0 Å². The molecular weight excluding hydrogens is 238 g/mol. The molecule has 2 aromatic rings. The van der Waals surface area contributed by atoms with E-state index in [2.05, 4.69) is 30.3 Å². The average molecular weight is 259 g/mol. The fraction of sp³-hybridized carbons (Fsp3) is 0.375. The maximum Gasteiger partial charge on any atom is 0.0781 e. The highest BCUT2D eigenvalue weighted by atomic mass is 16.5. The number of hydrogen-bond acceptors (Lipinski definition) is 3. The Morgan fingerprint density at radius 1 is 1.05 bits per heavy atom. The van der Waals surface area contributed by atoms with Gasteiger partial charge in [0.2, 0.25) is 0 Å². The molecule has 2 aromatic carbocycles. The van der Waals surface area contributed by atoms with Gasteiger partial charge in [-0.2, -0.15) is 0 Å². The molecule has 102 valence electrons. The normalized spacial score (nSPS) is 14.5. The van der Waals surface area contributed by atoms with Gasteiger partial charge in [0.05, 0.1) is 25.4 Å². The van der Waals surface area contributed by atoms with E-state index in [1.165, 1.54) is 10.8 Å². The molecule has 0 aliphatic rings. The molecule has 0 saturated carbocycles. The van der Waals surface area contributed by atoms with Crippen LogP contribution in [0.2, 0.25) is 0 Å². The second kappa shape index (κ2) is 6.66. The molecule has 2 N–H and O–H groups in total. The second-order valence-corrected chi connectivity index (χ2v) is 4.81. The van der Waals surface area contributed by atoms with E-state index in [0.717, 1.165) is 5.56 Å². The van der Waals surface area contributed by atoms with Crippen LogP contribution in [-0.4, -0.2) is 26.4 Å². The highest BCUT2D eigenvalue weighted by molar-refractivity contribution is 5.83. The Bertz CT molecular complexity index is 527. The van der Waals surface area contributed by atoms with Crippen LogP contribution in [0.15, 0.2) is 42.5 Å². The number of rotatable bonds is 6. The minimum absolute atomic E-state index is 0.0662. The van der Waals surface area contributed by atoms with Gasteiger partial charge in [0.15, 0.2) is 0 Å². The third-order valence-electron chi connectivity index (χ3n) is 3.16. The summed E-state index contributed by atoms with van der Waals surface area (Å²) < 4.78 is 10.7. The smallest absolute Gasteiger partial charge is 0.0781 e. The lowest BCUT2D eigenvalue weighted by molar-refractivity contribution is 0.00330. The molecule has 0 bridgehead atoms. The van der Waals surface area contributed by atoms with E-state index in [4.69, 9.17) is 15.2 Å². The van der Waals surface area contributed by atoms with Crippen LogP contribution in [0.4, 0.5) is 0 Å². The SMILES string of the molecule is COCC(C)OCC(N)c1ccc2ccccc2c1. The van der Waals surface area contributed by atoms with Crippen LogP contribution in [-0.2, 0) is 9.47 Å². The van der Waals surface area contributed by atoms with Crippen molar-refractivity contribution in [2.24, 2.45) is 5.73 Å². The Kier molecular flexibility index (Phi) is 4.91. The summed E-state index contributed by atoms with van der Waals surface area (Å²) in [7, 11) is 1.67. The van der Waals surface area contributed by atoms with Crippen LogP contribution in [0.5, 0.6) is 0 Å². The zero-order valence-corrected chi connectivity index (χ0v) is 11.5. The van der Waals surface area contributed by atoms with Gasteiger partial charge in [-0.15, -0.1) is 0 Å². The van der Waals surface area contributed by atoms with Crippen molar-refractivity contribution >= 4 is 10.8 Å². The van der Waals surface area contributed by atoms with E-state index < -0.39 is 0 Å². The largest absolute Gasteiger partial charge is 0.382 e. The van der Waals surface area contributed by atoms with Gasteiger partial charge in [0.1, 0.15) is 0 Å². The van der Waals surface area contributed by atoms with Gasteiger partial charge < -0.3 is 15.2 Å². The van der Waals surface area contributed by atoms with Crippen molar-refractivity contribution in [2.45, 2.75) is 19.1 Å². The van der Waals surface area contributed by atoms with Gasteiger partial charge in [-0.25, -0.2) is 0 Å². The van der Waals surface area contributed by atoms with Gasteiger partial charge in [-0.1, -0.05) is 36.4 Å². The first-order valence-electron chi connectivity index (χ1n) is 6.55. The molecule has 3 nitrogen and oxygen atoms in total. The highest BCUT2D eigenvalue weighted by Crippen LogP contribution is 2.19. The van der Waals surface area contributed by atoms with Crippen molar-refractivity contribution in [3.05, 3.63) is 48.0 Å². The summed E-state index contributed by atoms with van der Waals surface area (Å²) in [6.45, 7) is 3.07. The summed E-state index contributed by atoms with van der Waals surface area (Å²) in [4.78, 5) is 0. The lowest BCUT2D eigenvalue weighted by Crippen LogP contribution is -2.23. The lowest BCUT2D eigenvalue weighted by atomic mass is 10.0. The minimum Gasteiger partial charge on any atom is -0.382 e. The van der Waals surface area contributed by atoms with Gasteiger partial charge >= 0.3 is 0 Å². The number of hydrogen-bond donors (Lipinski definition) is 1. The van der Waals surface area contributed by atoms with Crippen LogP contribution in [0.1, 0.15) is 18.5 Å². The zero-order chi connectivity index (χ0) is 13.7. The van der Waals surface area contributed by atoms with Gasteiger partial charge in [-0.3, -0.25) is 0 Å². The third kappa shape index (κ3) is 3.77. The number of nitrogens with two attached hydrogens (primary N) is 1. The van der Waals surface area contributed by atoms with Crippen LogP contribution in [0.3, 0.4) is 0 Å². The molecular formula is C16H21NO2. The summed E-state index contributed by atoms with van der Waals surface area (Å²) in [6.07, 6.45) is 0.0662. The summed E-state index contributed by atoms with van der Waals surface area (Å²) >= 11 is 0. The molecule has 0 aliphatic carbocycles. The molecule has 0 aromatic heterocycles. The molecule has 0 amide bonds. The van der Waals surface area contributed by atoms with Crippen molar-refractivity contribution < 1.29 is 9.47 Å². The highest BCUT2D eigenvalue weighted by Gasteiger charge is 2.09. The van der Waals surface area contributed by atoms with Crippen molar-refractivity contribution in [3.63, 3.8) is 0 Å². The number of methoxy groups -OCH3 is 1. The first-order valence-corrected chi connectivity index (χ1v) is 6.55. The van der Waals surface area contributed by atoms with Crippen LogP contribution < -0.4 is 5.73 Å². The molecule has 2 atom stereocenters. The molecule has 0 aliphatic heterocycles. The van der Waals surface area contributed by atoms with Gasteiger partial charge in [0, 0.05) is 7.11 Å². The van der Waals surface area contributed by atoms with Gasteiger partial charge in [-0.05, 0) is 29.3 Å². The quantitative estimate of drug-likeness (QED) is 0.867. The Hall–Kier alpha value is -1.42. The van der Waals surface area contributed by atoms with E-state index in [1.807, 2.05) is 19.1 Å². The molecule has 2 rings (SSSR count). The Morgan fingerprint density at radius 3 is 2.53 bits per heavy atom. The summed E-state index contributed by atoms with van der Waals surface area (Å²) in [5, 5.41) is 2.44. The van der Waals surface area contributed by atoms with Crippen LogP contribution >= 0.6 is 0 Å². The Balaban J connectivity index is 2.02. The molecule has 0 radical (unpaired) electrons. The Morgan fingerprint density at radius 2 is 1.79 bits per heavy atom. The third-order valence-corrected chi connectivity index (χ3v) is 3.16. The predicted molar refractivity (Wildman–Crippen MR) is 78.2 cm³/mol. The van der Waals surface area contributed by atoms with Crippen molar-refractivity contribution in [3.8, 4) is 0 Å². The van der Waals surface area contributed by atoms with Crippen LogP contribution in [0, 0.1) is 0 Å². The predicted octanol–water partition coefficient (Wildman–Crippen LogP) is 2.89. The molecule has 0 saturated heterocycles. The number of fused-ring (bicyclic) bond motifs is 1. The first-order chi connectivity index (χ1) is 9.20. The topological polar surface area (TPSA) is 44.5 Å². The summed E-state index contributed by atoms with van der Waals surface area (Å²) in [5.74, 6) is 0. The molecule has 0 heterocycles. The fourth-order valence-electron chi connectivity index (χ4n) is 2.09. The fourth-order valence-corrected chi connectivity index (χ4v) is 2.09. The molecule has 19 heavy (non-hydrogen) atoms. The molecule has 0 spiro atoms. The second-order valence-electron chi connectivity index (χ2n) is 4.81. The van der Waals surface area contributed by atoms with E-state index in [0.29, 0.717) is 13.2 Å². The number of benzene rings is 2. The summed E-state index contributed by atoms with van der Waals surface area (Å²) in [5.41, 5.74) is 7.26. The van der Waals surface area contributed by atoms with Gasteiger partial charge in [0.25, 0.3) is 0 Å². The van der Waals surface area contributed by atoms with E-state index >= 15 is 0 Å². The zero-order valence-electron chi connectivity index (χ0n) is 11.5. The van der Waals surface area contributed by atoms with Crippen molar-refractivity contribution in [1.29, 1.82) is 0 Å². The first kappa shape index (κ1) is 14.0. The summed E-state index contributed by atoms with van der Waals surface area (Å²) in [6, 6.07) is 14.5. The standard InChI is InChI=1S/C16H21NO2/c1-12(10-18-2)19-11-16(17)15-8-7-13-5-3-4-6-14(13)9-15/h3-9,12,16H,10-11,17H2,1-2H3. The minimum atomic E-state index is -0.107. The van der Waals surface area contributed by atoms with Crippen molar-refractivity contribution in [1.82, 2.24) is 0 Å².